The van der Waals surface area contributed by atoms with Gasteiger partial charge in [-0.15, -0.1) is 0 Å². The van der Waals surface area contributed by atoms with Crippen LogP contribution in [0.1, 0.15) is 39.5 Å². The lowest BCUT2D eigenvalue weighted by molar-refractivity contribution is -0.0310. The Morgan fingerprint density at radius 1 is 1.17 bits per heavy atom. The molecule has 1 aliphatic carbocycles. The summed E-state index contributed by atoms with van der Waals surface area (Å²) in [7, 11) is 0. The summed E-state index contributed by atoms with van der Waals surface area (Å²) in [6.07, 6.45) is 5.89. The summed E-state index contributed by atoms with van der Waals surface area (Å²) >= 11 is 0. The summed E-state index contributed by atoms with van der Waals surface area (Å²) in [5, 5.41) is 3.47. The molecule has 0 aromatic rings. The van der Waals surface area contributed by atoms with Gasteiger partial charge in [0.15, 0.2) is 0 Å². The second kappa shape index (κ2) is 3.02. The summed E-state index contributed by atoms with van der Waals surface area (Å²) in [6, 6.07) is 0. The standard InChI is InChI=1S/C11H21N/c1-9(2)10-3-4-11(10)5-7-12-8-6-11/h9-10,12H,3-8H2,1-2H3. The zero-order valence-corrected chi connectivity index (χ0v) is 8.40. The molecule has 1 heteroatoms. The molecule has 1 spiro atoms. The van der Waals surface area contributed by atoms with E-state index < -0.39 is 0 Å². The van der Waals surface area contributed by atoms with Crippen LogP contribution < -0.4 is 5.32 Å². The first-order chi connectivity index (χ1) is 5.75. The van der Waals surface area contributed by atoms with Crippen molar-refractivity contribution >= 4 is 0 Å². The quantitative estimate of drug-likeness (QED) is 0.632. The molecular formula is C11H21N. The largest absolute Gasteiger partial charge is 0.317 e. The number of hydrogen-bond donors (Lipinski definition) is 1. The van der Waals surface area contributed by atoms with Crippen LogP contribution in [-0.4, -0.2) is 13.1 Å². The summed E-state index contributed by atoms with van der Waals surface area (Å²) in [5.41, 5.74) is 0.777. The SMILES string of the molecule is CC(C)C1CCC12CCNCC2. The average Bonchev–Trinajstić information content (AvgIpc) is 2.03. The molecule has 70 valence electrons. The van der Waals surface area contributed by atoms with Gasteiger partial charge in [-0.1, -0.05) is 13.8 Å². The predicted molar refractivity (Wildman–Crippen MR) is 52.1 cm³/mol. The molecule has 1 nitrogen and oxygen atoms in total. The maximum Gasteiger partial charge on any atom is -0.00435 e. The van der Waals surface area contributed by atoms with Gasteiger partial charge in [-0.2, -0.15) is 0 Å². The summed E-state index contributed by atoms with van der Waals surface area (Å²) in [5.74, 6) is 1.96. The predicted octanol–water partition coefficient (Wildman–Crippen LogP) is 2.42. The first kappa shape index (κ1) is 8.55. The van der Waals surface area contributed by atoms with Crippen molar-refractivity contribution in [3.63, 3.8) is 0 Å². The molecule has 0 bridgehead atoms. The second-order valence-electron chi connectivity index (χ2n) is 5.00. The Kier molecular flexibility index (Phi) is 2.16. The molecule has 0 aromatic carbocycles. The average molecular weight is 167 g/mol. The van der Waals surface area contributed by atoms with Crippen molar-refractivity contribution in [2.75, 3.05) is 13.1 Å². The molecule has 1 saturated heterocycles. The van der Waals surface area contributed by atoms with Crippen molar-refractivity contribution < 1.29 is 0 Å². The van der Waals surface area contributed by atoms with E-state index >= 15 is 0 Å². The zero-order chi connectivity index (χ0) is 8.60. The van der Waals surface area contributed by atoms with E-state index in [1.54, 1.807) is 0 Å². The van der Waals surface area contributed by atoms with E-state index in [1.165, 1.54) is 38.8 Å². The van der Waals surface area contributed by atoms with E-state index in [9.17, 15) is 0 Å². The molecule has 2 aliphatic rings. The topological polar surface area (TPSA) is 12.0 Å². The van der Waals surface area contributed by atoms with E-state index in [2.05, 4.69) is 19.2 Å². The van der Waals surface area contributed by atoms with Crippen molar-refractivity contribution in [1.82, 2.24) is 5.32 Å². The van der Waals surface area contributed by atoms with Crippen LogP contribution in [0.5, 0.6) is 0 Å². The van der Waals surface area contributed by atoms with E-state index in [0.717, 1.165) is 17.3 Å². The minimum absolute atomic E-state index is 0.777. The van der Waals surface area contributed by atoms with Crippen LogP contribution in [-0.2, 0) is 0 Å². The fourth-order valence-electron chi connectivity index (χ4n) is 3.31. The van der Waals surface area contributed by atoms with Crippen molar-refractivity contribution in [3.05, 3.63) is 0 Å². The lowest BCUT2D eigenvalue weighted by Crippen LogP contribution is -2.49. The van der Waals surface area contributed by atoms with E-state index in [-0.39, 0.29) is 0 Å². The maximum atomic E-state index is 3.47. The molecular weight excluding hydrogens is 146 g/mol. The number of hydrogen-bond acceptors (Lipinski definition) is 1. The maximum absolute atomic E-state index is 3.47. The van der Waals surface area contributed by atoms with Gasteiger partial charge in [-0.05, 0) is 56.0 Å². The van der Waals surface area contributed by atoms with Gasteiger partial charge in [0, 0.05) is 0 Å². The molecule has 0 radical (unpaired) electrons. The third kappa shape index (κ3) is 1.19. The third-order valence-corrected chi connectivity index (χ3v) is 4.14. The normalized spacial score (nSPS) is 33.8. The van der Waals surface area contributed by atoms with Gasteiger partial charge in [0.2, 0.25) is 0 Å². The Hall–Kier alpha value is -0.0400. The minimum atomic E-state index is 0.777. The summed E-state index contributed by atoms with van der Waals surface area (Å²) < 4.78 is 0. The van der Waals surface area contributed by atoms with Crippen molar-refractivity contribution in [3.8, 4) is 0 Å². The molecule has 1 atom stereocenters. The Morgan fingerprint density at radius 3 is 2.25 bits per heavy atom. The zero-order valence-electron chi connectivity index (χ0n) is 8.40. The number of rotatable bonds is 1. The number of piperidine rings is 1. The molecule has 2 rings (SSSR count). The van der Waals surface area contributed by atoms with Gasteiger partial charge >= 0.3 is 0 Å². The number of nitrogens with one attached hydrogen (secondary N) is 1. The van der Waals surface area contributed by atoms with Gasteiger partial charge < -0.3 is 5.32 Å². The van der Waals surface area contributed by atoms with E-state index in [4.69, 9.17) is 0 Å². The van der Waals surface area contributed by atoms with Crippen LogP contribution in [0.2, 0.25) is 0 Å². The lowest BCUT2D eigenvalue weighted by Gasteiger charge is -2.54. The molecule has 2 fully saturated rings. The molecule has 1 heterocycles. The Morgan fingerprint density at radius 2 is 1.83 bits per heavy atom. The Bertz CT molecular complexity index is 156. The highest BCUT2D eigenvalue weighted by atomic mass is 14.9. The first-order valence-electron chi connectivity index (χ1n) is 5.45. The monoisotopic (exact) mass is 167 g/mol. The van der Waals surface area contributed by atoms with Crippen molar-refractivity contribution in [2.24, 2.45) is 17.3 Å². The van der Waals surface area contributed by atoms with Crippen LogP contribution in [0.15, 0.2) is 0 Å². The molecule has 12 heavy (non-hydrogen) atoms. The fraction of sp³-hybridized carbons (Fsp3) is 1.00. The van der Waals surface area contributed by atoms with Gasteiger partial charge in [-0.3, -0.25) is 0 Å². The summed E-state index contributed by atoms with van der Waals surface area (Å²) in [4.78, 5) is 0. The van der Waals surface area contributed by atoms with Crippen LogP contribution in [0.3, 0.4) is 0 Å². The highest BCUT2D eigenvalue weighted by molar-refractivity contribution is 4.98. The van der Waals surface area contributed by atoms with Crippen LogP contribution >= 0.6 is 0 Å². The van der Waals surface area contributed by atoms with Gasteiger partial charge in [0.1, 0.15) is 0 Å². The molecule has 1 unspecified atom stereocenters. The first-order valence-corrected chi connectivity index (χ1v) is 5.45. The van der Waals surface area contributed by atoms with Crippen LogP contribution in [0.25, 0.3) is 0 Å². The van der Waals surface area contributed by atoms with Gasteiger partial charge in [0.25, 0.3) is 0 Å². The fourth-order valence-corrected chi connectivity index (χ4v) is 3.31. The third-order valence-electron chi connectivity index (χ3n) is 4.14. The van der Waals surface area contributed by atoms with Gasteiger partial charge in [0.05, 0.1) is 0 Å². The Labute approximate surface area is 75.9 Å². The van der Waals surface area contributed by atoms with E-state index in [0.29, 0.717) is 0 Å². The van der Waals surface area contributed by atoms with Crippen molar-refractivity contribution in [2.45, 2.75) is 39.5 Å². The van der Waals surface area contributed by atoms with E-state index in [1.807, 2.05) is 0 Å². The summed E-state index contributed by atoms with van der Waals surface area (Å²) in [6.45, 7) is 7.33. The highest BCUT2D eigenvalue weighted by Crippen LogP contribution is 2.55. The molecule has 1 saturated carbocycles. The van der Waals surface area contributed by atoms with Crippen LogP contribution in [0, 0.1) is 17.3 Å². The molecule has 1 N–H and O–H groups in total. The minimum Gasteiger partial charge on any atom is -0.317 e. The Balaban J connectivity index is 2.00. The second-order valence-corrected chi connectivity index (χ2v) is 5.00. The highest BCUT2D eigenvalue weighted by Gasteiger charge is 2.47. The smallest absolute Gasteiger partial charge is 0.00435 e. The molecule has 0 aromatic heterocycles. The van der Waals surface area contributed by atoms with Gasteiger partial charge in [-0.25, -0.2) is 0 Å². The van der Waals surface area contributed by atoms with Crippen LogP contribution in [0.4, 0.5) is 0 Å². The van der Waals surface area contributed by atoms with Crippen molar-refractivity contribution in [1.29, 1.82) is 0 Å². The lowest BCUT2D eigenvalue weighted by atomic mass is 9.53. The molecule has 1 aliphatic heterocycles. The molecule has 0 amide bonds.